The van der Waals surface area contributed by atoms with Gasteiger partial charge in [-0.1, -0.05) is 83.2 Å². The molecule has 1 amide bonds. The zero-order valence-electron chi connectivity index (χ0n) is 20.6. The zero-order valence-corrected chi connectivity index (χ0v) is 23.0. The summed E-state index contributed by atoms with van der Waals surface area (Å²) in [5.74, 6) is 1.10. The fourth-order valence-electron chi connectivity index (χ4n) is 3.58. The van der Waals surface area contributed by atoms with E-state index in [-0.39, 0.29) is 22.3 Å². The van der Waals surface area contributed by atoms with Gasteiger partial charge in [-0.3, -0.25) is 14.9 Å². The van der Waals surface area contributed by atoms with Gasteiger partial charge < -0.3 is 15.4 Å². The fourth-order valence-corrected chi connectivity index (χ4v) is 5.77. The van der Waals surface area contributed by atoms with Crippen molar-refractivity contribution in [1.29, 1.82) is 0 Å². The number of nitro groups is 1. The number of nitrogens with zero attached hydrogens (tertiary/aromatic N) is 3. The van der Waals surface area contributed by atoms with Gasteiger partial charge in [0, 0.05) is 17.8 Å². The number of nitrogens with one attached hydrogen (secondary N) is 2. The molecule has 0 aliphatic heterocycles. The molecule has 0 radical (unpaired) electrons. The highest BCUT2D eigenvalue weighted by atomic mass is 35.5. The van der Waals surface area contributed by atoms with Crippen LogP contribution in [-0.2, 0) is 4.79 Å². The molecular formula is C28H20ClN5O4S2. The van der Waals surface area contributed by atoms with Crippen LogP contribution in [0, 0.1) is 10.1 Å². The topological polar surface area (TPSA) is 119 Å². The van der Waals surface area contributed by atoms with Crippen molar-refractivity contribution in [3.8, 4) is 11.5 Å². The Labute approximate surface area is 242 Å². The summed E-state index contributed by atoms with van der Waals surface area (Å²) in [5, 5.41) is 25.4. The lowest BCUT2D eigenvalue weighted by Crippen LogP contribution is -2.19. The first-order chi connectivity index (χ1) is 19.4. The number of carbonyl (C=O) groups is 1. The minimum Gasteiger partial charge on any atom is -0.457 e. The van der Waals surface area contributed by atoms with E-state index in [0.29, 0.717) is 15.2 Å². The van der Waals surface area contributed by atoms with E-state index in [1.807, 2.05) is 84.9 Å². The van der Waals surface area contributed by atoms with Crippen molar-refractivity contribution < 1.29 is 14.5 Å². The number of non-ortho nitro benzene ring substituents is 1. The van der Waals surface area contributed by atoms with Crippen molar-refractivity contribution in [3.63, 3.8) is 0 Å². The molecular weight excluding hydrogens is 570 g/mol. The van der Waals surface area contributed by atoms with E-state index in [1.165, 1.54) is 41.3 Å². The first-order valence-electron chi connectivity index (χ1n) is 11.8. The SMILES string of the molecule is O=C(Nc1ccc([N+](=O)[O-])cc1Cl)C(Sc1nnc(Nc2ccc(Oc3ccccc3)cc2)s1)c1ccccc1. The molecule has 0 aliphatic rings. The van der Waals surface area contributed by atoms with Crippen LogP contribution in [0.25, 0.3) is 0 Å². The number of ether oxygens (including phenoxy) is 1. The molecule has 0 saturated carbocycles. The molecule has 2 N–H and O–H groups in total. The van der Waals surface area contributed by atoms with Crippen LogP contribution in [0.3, 0.4) is 0 Å². The molecule has 0 spiro atoms. The lowest BCUT2D eigenvalue weighted by Gasteiger charge is -2.16. The van der Waals surface area contributed by atoms with Crippen molar-refractivity contribution in [1.82, 2.24) is 10.2 Å². The Bertz CT molecular complexity index is 1620. The second-order valence-electron chi connectivity index (χ2n) is 8.26. The monoisotopic (exact) mass is 589 g/mol. The molecule has 0 saturated heterocycles. The number of hydrogen-bond donors (Lipinski definition) is 2. The maximum absolute atomic E-state index is 13.4. The highest BCUT2D eigenvalue weighted by Gasteiger charge is 2.25. The number of rotatable bonds is 10. The summed E-state index contributed by atoms with van der Waals surface area (Å²) >= 11 is 8.74. The number of carbonyl (C=O) groups excluding carboxylic acids is 1. The minimum atomic E-state index is -0.678. The van der Waals surface area contributed by atoms with E-state index in [0.717, 1.165) is 17.0 Å². The molecule has 1 unspecified atom stereocenters. The molecule has 200 valence electrons. The molecule has 40 heavy (non-hydrogen) atoms. The van der Waals surface area contributed by atoms with Crippen molar-refractivity contribution in [3.05, 3.63) is 124 Å². The van der Waals surface area contributed by atoms with Gasteiger partial charge in [0.2, 0.25) is 11.0 Å². The number of amides is 1. The highest BCUT2D eigenvalue weighted by molar-refractivity contribution is 8.02. The number of hydrogen-bond acceptors (Lipinski definition) is 9. The average molecular weight is 590 g/mol. The second-order valence-corrected chi connectivity index (χ2v) is 11.0. The summed E-state index contributed by atoms with van der Waals surface area (Å²) in [5.41, 5.74) is 1.67. The van der Waals surface area contributed by atoms with Gasteiger partial charge in [0.05, 0.1) is 15.6 Å². The smallest absolute Gasteiger partial charge is 0.271 e. The van der Waals surface area contributed by atoms with Gasteiger partial charge in [-0.05, 0) is 48.0 Å². The molecule has 12 heteroatoms. The predicted octanol–water partition coefficient (Wildman–Crippen LogP) is 8.11. The quantitative estimate of drug-likeness (QED) is 0.0952. The lowest BCUT2D eigenvalue weighted by molar-refractivity contribution is -0.384. The molecule has 9 nitrogen and oxygen atoms in total. The highest BCUT2D eigenvalue weighted by Crippen LogP contribution is 2.40. The minimum absolute atomic E-state index is 0.0713. The summed E-state index contributed by atoms with van der Waals surface area (Å²) in [6, 6.07) is 30.1. The van der Waals surface area contributed by atoms with E-state index in [4.69, 9.17) is 16.3 Å². The molecule has 1 atom stereocenters. The molecule has 0 bridgehead atoms. The van der Waals surface area contributed by atoms with E-state index in [2.05, 4.69) is 20.8 Å². The second kappa shape index (κ2) is 12.6. The van der Waals surface area contributed by atoms with Crippen molar-refractivity contribution in [2.24, 2.45) is 0 Å². The van der Waals surface area contributed by atoms with E-state index >= 15 is 0 Å². The van der Waals surface area contributed by atoms with E-state index in [1.54, 1.807) is 0 Å². The molecule has 5 aromatic rings. The molecule has 1 aromatic heterocycles. The Hall–Kier alpha value is -4.45. The van der Waals surface area contributed by atoms with Crippen LogP contribution in [0.15, 0.2) is 107 Å². The Morgan fingerprint density at radius 3 is 2.27 bits per heavy atom. The molecule has 0 aliphatic carbocycles. The third-order valence-corrected chi connectivity index (χ3v) is 7.96. The van der Waals surface area contributed by atoms with Crippen molar-refractivity contribution >= 4 is 62.8 Å². The maximum atomic E-state index is 13.4. The third-order valence-electron chi connectivity index (χ3n) is 5.47. The van der Waals surface area contributed by atoms with Crippen LogP contribution in [-0.4, -0.2) is 21.0 Å². The summed E-state index contributed by atoms with van der Waals surface area (Å²) in [7, 11) is 0. The van der Waals surface area contributed by atoms with Crippen LogP contribution >= 0.6 is 34.7 Å². The van der Waals surface area contributed by atoms with E-state index in [9.17, 15) is 14.9 Å². The largest absolute Gasteiger partial charge is 0.457 e. The molecule has 0 fully saturated rings. The van der Waals surface area contributed by atoms with Gasteiger partial charge in [0.25, 0.3) is 5.69 Å². The van der Waals surface area contributed by atoms with Gasteiger partial charge in [-0.25, -0.2) is 0 Å². The summed E-state index contributed by atoms with van der Waals surface area (Å²) < 4.78 is 6.40. The standard InChI is InChI=1S/C28H20ClN5O4S2/c29-23-17-20(34(36)37)13-16-24(23)31-26(35)25(18-7-3-1-4-8-18)39-28-33-32-27(40-28)30-19-11-14-22(15-12-19)38-21-9-5-2-6-10-21/h1-17,25H,(H,30,32)(H,31,35). The summed E-state index contributed by atoms with van der Waals surface area (Å²) in [6.07, 6.45) is 0. The Morgan fingerprint density at radius 2 is 1.60 bits per heavy atom. The number of thioether (sulfide) groups is 1. The molecule has 1 heterocycles. The van der Waals surface area contributed by atoms with Crippen LogP contribution in [0.1, 0.15) is 10.8 Å². The number of para-hydroxylation sites is 1. The summed E-state index contributed by atoms with van der Waals surface area (Å²) in [4.78, 5) is 23.8. The van der Waals surface area contributed by atoms with Crippen LogP contribution in [0.2, 0.25) is 5.02 Å². The molecule has 5 rings (SSSR count). The first kappa shape index (κ1) is 27.1. The first-order valence-corrected chi connectivity index (χ1v) is 13.9. The number of anilines is 3. The van der Waals surface area contributed by atoms with Gasteiger partial charge in [0.1, 0.15) is 16.7 Å². The van der Waals surface area contributed by atoms with Crippen LogP contribution < -0.4 is 15.4 Å². The van der Waals surface area contributed by atoms with Gasteiger partial charge >= 0.3 is 0 Å². The Kier molecular flexibility index (Phi) is 8.55. The lowest BCUT2D eigenvalue weighted by atomic mass is 10.1. The van der Waals surface area contributed by atoms with Crippen LogP contribution in [0.5, 0.6) is 11.5 Å². The third kappa shape index (κ3) is 6.94. The van der Waals surface area contributed by atoms with Gasteiger partial charge in [0.15, 0.2) is 4.34 Å². The average Bonchev–Trinajstić information content (AvgIpc) is 3.41. The Morgan fingerprint density at radius 1 is 0.925 bits per heavy atom. The maximum Gasteiger partial charge on any atom is 0.271 e. The molecule has 4 aromatic carbocycles. The predicted molar refractivity (Wildman–Crippen MR) is 158 cm³/mol. The number of benzene rings is 4. The zero-order chi connectivity index (χ0) is 27.9. The normalized spacial score (nSPS) is 11.4. The van der Waals surface area contributed by atoms with E-state index < -0.39 is 10.2 Å². The van der Waals surface area contributed by atoms with Crippen molar-refractivity contribution in [2.45, 2.75) is 9.59 Å². The number of nitro benzene ring substituents is 1. The Balaban J connectivity index is 1.27. The van der Waals surface area contributed by atoms with Crippen molar-refractivity contribution in [2.75, 3.05) is 10.6 Å². The van der Waals surface area contributed by atoms with Gasteiger partial charge in [-0.15, -0.1) is 10.2 Å². The fraction of sp³-hybridized carbons (Fsp3) is 0.0357. The summed E-state index contributed by atoms with van der Waals surface area (Å²) in [6.45, 7) is 0. The van der Waals surface area contributed by atoms with Crippen LogP contribution in [0.4, 0.5) is 22.2 Å². The van der Waals surface area contributed by atoms with Gasteiger partial charge in [-0.2, -0.15) is 0 Å². The number of aromatic nitrogens is 2. The number of halogens is 1.